The molecule has 1 aliphatic rings. The predicted molar refractivity (Wildman–Crippen MR) is 91.4 cm³/mol. The highest BCUT2D eigenvalue weighted by molar-refractivity contribution is 6.35. The van der Waals surface area contributed by atoms with Crippen LogP contribution in [-0.2, 0) is 4.74 Å². The second kappa shape index (κ2) is 6.62. The summed E-state index contributed by atoms with van der Waals surface area (Å²) in [4.78, 5) is 27.4. The first-order valence-corrected chi connectivity index (χ1v) is 8.27. The Hall–Kier alpha value is -2.01. The van der Waals surface area contributed by atoms with Crippen LogP contribution in [0.1, 0.15) is 43.0 Å². The minimum absolute atomic E-state index is 0.0218. The van der Waals surface area contributed by atoms with Crippen LogP contribution in [0.5, 0.6) is 0 Å². The first kappa shape index (κ1) is 15.9. The molecule has 1 aliphatic carbocycles. The monoisotopic (exact) mass is 334 g/mol. The van der Waals surface area contributed by atoms with Crippen LogP contribution < -0.4 is 10.9 Å². The molecule has 122 valence electrons. The van der Waals surface area contributed by atoms with Crippen LogP contribution in [0.3, 0.4) is 0 Å². The van der Waals surface area contributed by atoms with Crippen molar-refractivity contribution in [2.75, 3.05) is 11.9 Å². The lowest BCUT2D eigenvalue weighted by Gasteiger charge is -2.18. The van der Waals surface area contributed by atoms with Crippen LogP contribution in [0.15, 0.2) is 23.0 Å². The summed E-state index contributed by atoms with van der Waals surface area (Å²) in [6, 6.07) is 5.62. The number of hydrogen-bond acceptors (Lipinski definition) is 4. The lowest BCUT2D eigenvalue weighted by atomic mass is 10.1. The Morgan fingerprint density at radius 1 is 1.39 bits per heavy atom. The van der Waals surface area contributed by atoms with Gasteiger partial charge in [-0.25, -0.2) is 4.79 Å². The number of H-pyrrole nitrogens is 1. The summed E-state index contributed by atoms with van der Waals surface area (Å²) in [6.07, 6.45) is 4.34. The zero-order chi connectivity index (χ0) is 16.4. The van der Waals surface area contributed by atoms with Gasteiger partial charge in [-0.15, -0.1) is 0 Å². The standard InChI is InChI=1S/C17H19ClN2O3/c1-2-23-17(22)13-15(19-10-6-3-4-7-10)11-8-5-9-12(18)14(11)20-16(13)21/h5,8-10H,2-4,6-7H2,1H3,(H2,19,20,21). The summed E-state index contributed by atoms with van der Waals surface area (Å²) in [6.45, 7) is 1.93. The van der Waals surface area contributed by atoms with E-state index in [1.165, 1.54) is 0 Å². The van der Waals surface area contributed by atoms with Crippen molar-refractivity contribution in [3.05, 3.63) is 39.1 Å². The summed E-state index contributed by atoms with van der Waals surface area (Å²) < 4.78 is 5.06. The highest BCUT2D eigenvalue weighted by Crippen LogP contribution is 2.31. The molecule has 1 heterocycles. The van der Waals surface area contributed by atoms with Crippen molar-refractivity contribution in [2.24, 2.45) is 0 Å². The molecular formula is C17H19ClN2O3. The number of carbonyl (C=O) groups excluding carboxylic acids is 1. The maximum atomic E-state index is 12.4. The average molecular weight is 335 g/mol. The van der Waals surface area contributed by atoms with Gasteiger partial charge in [-0.1, -0.05) is 36.6 Å². The number of anilines is 1. The fourth-order valence-corrected chi connectivity index (χ4v) is 3.33. The van der Waals surface area contributed by atoms with E-state index in [2.05, 4.69) is 10.3 Å². The molecule has 0 radical (unpaired) electrons. The number of rotatable bonds is 4. The van der Waals surface area contributed by atoms with E-state index in [4.69, 9.17) is 16.3 Å². The number of halogens is 1. The van der Waals surface area contributed by atoms with Gasteiger partial charge in [0.05, 0.1) is 22.8 Å². The summed E-state index contributed by atoms with van der Waals surface area (Å²) >= 11 is 6.20. The molecule has 23 heavy (non-hydrogen) atoms. The van der Waals surface area contributed by atoms with Gasteiger partial charge in [0.25, 0.3) is 5.56 Å². The number of nitrogens with one attached hydrogen (secondary N) is 2. The first-order chi connectivity index (χ1) is 11.1. The van der Waals surface area contributed by atoms with Crippen LogP contribution in [0.25, 0.3) is 10.9 Å². The minimum atomic E-state index is -0.615. The quantitative estimate of drug-likeness (QED) is 0.836. The van der Waals surface area contributed by atoms with E-state index in [0.717, 1.165) is 31.1 Å². The van der Waals surface area contributed by atoms with E-state index in [0.29, 0.717) is 16.2 Å². The number of aromatic nitrogens is 1. The van der Waals surface area contributed by atoms with E-state index < -0.39 is 11.5 Å². The van der Waals surface area contributed by atoms with Crippen LogP contribution in [0.2, 0.25) is 5.02 Å². The topological polar surface area (TPSA) is 71.2 Å². The number of esters is 1. The zero-order valence-electron chi connectivity index (χ0n) is 12.9. The van der Waals surface area contributed by atoms with Crippen molar-refractivity contribution in [1.82, 2.24) is 4.98 Å². The fourth-order valence-electron chi connectivity index (χ4n) is 3.11. The molecule has 0 unspecified atom stereocenters. The third-order valence-corrected chi connectivity index (χ3v) is 4.50. The van der Waals surface area contributed by atoms with Crippen molar-refractivity contribution in [1.29, 1.82) is 0 Å². The largest absolute Gasteiger partial charge is 0.462 e. The van der Waals surface area contributed by atoms with Crippen molar-refractivity contribution in [2.45, 2.75) is 38.6 Å². The average Bonchev–Trinajstić information content (AvgIpc) is 3.01. The Kier molecular flexibility index (Phi) is 4.57. The molecule has 1 aromatic carbocycles. The second-order valence-electron chi connectivity index (χ2n) is 5.71. The van der Waals surface area contributed by atoms with Gasteiger partial charge < -0.3 is 15.0 Å². The summed E-state index contributed by atoms with van der Waals surface area (Å²) in [7, 11) is 0. The van der Waals surface area contributed by atoms with Crippen LogP contribution in [-0.4, -0.2) is 23.6 Å². The third kappa shape index (κ3) is 3.06. The molecule has 0 aliphatic heterocycles. The molecule has 6 heteroatoms. The number of para-hydroxylation sites is 1. The van der Waals surface area contributed by atoms with Crippen LogP contribution in [0, 0.1) is 0 Å². The van der Waals surface area contributed by atoms with Crippen LogP contribution in [0.4, 0.5) is 5.69 Å². The van der Waals surface area contributed by atoms with Gasteiger partial charge in [0, 0.05) is 11.4 Å². The lowest BCUT2D eigenvalue weighted by molar-refractivity contribution is 0.0525. The van der Waals surface area contributed by atoms with Gasteiger partial charge in [-0.2, -0.15) is 0 Å². The molecule has 2 N–H and O–H groups in total. The highest BCUT2D eigenvalue weighted by atomic mass is 35.5. The SMILES string of the molecule is CCOC(=O)c1c(NC2CCCC2)c2cccc(Cl)c2[nH]c1=O. The number of carbonyl (C=O) groups is 1. The summed E-state index contributed by atoms with van der Waals surface area (Å²) in [5, 5.41) is 4.56. The van der Waals surface area contributed by atoms with Gasteiger partial charge in [0.15, 0.2) is 0 Å². The summed E-state index contributed by atoms with van der Waals surface area (Å²) in [5.74, 6) is -0.615. The molecular weight excluding hydrogens is 316 g/mol. The number of aromatic amines is 1. The maximum absolute atomic E-state index is 12.4. The van der Waals surface area contributed by atoms with Gasteiger partial charge in [-0.05, 0) is 25.8 Å². The zero-order valence-corrected chi connectivity index (χ0v) is 13.7. The van der Waals surface area contributed by atoms with Crippen molar-refractivity contribution < 1.29 is 9.53 Å². The summed E-state index contributed by atoms with van der Waals surface area (Å²) in [5.41, 5.74) is 0.599. The molecule has 0 atom stereocenters. The molecule has 0 bridgehead atoms. The lowest BCUT2D eigenvalue weighted by Crippen LogP contribution is -2.25. The van der Waals surface area contributed by atoms with Gasteiger partial charge in [0.2, 0.25) is 0 Å². The Labute approximate surface area is 139 Å². The number of benzene rings is 1. The molecule has 1 fully saturated rings. The normalized spacial score (nSPS) is 15.0. The molecule has 2 aromatic rings. The van der Waals surface area contributed by atoms with E-state index in [1.807, 2.05) is 6.07 Å². The minimum Gasteiger partial charge on any atom is -0.462 e. The van der Waals surface area contributed by atoms with Crippen molar-refractivity contribution in [3.8, 4) is 0 Å². The van der Waals surface area contributed by atoms with Crippen molar-refractivity contribution in [3.63, 3.8) is 0 Å². The molecule has 0 spiro atoms. The van der Waals surface area contributed by atoms with E-state index >= 15 is 0 Å². The van der Waals surface area contributed by atoms with Gasteiger partial charge in [-0.3, -0.25) is 4.79 Å². The highest BCUT2D eigenvalue weighted by Gasteiger charge is 2.24. The Balaban J connectivity index is 2.20. The van der Waals surface area contributed by atoms with E-state index in [-0.39, 0.29) is 18.2 Å². The third-order valence-electron chi connectivity index (χ3n) is 4.18. The number of hydrogen-bond donors (Lipinski definition) is 2. The maximum Gasteiger partial charge on any atom is 0.345 e. The first-order valence-electron chi connectivity index (χ1n) is 7.90. The molecule has 3 rings (SSSR count). The Morgan fingerprint density at radius 2 is 2.13 bits per heavy atom. The van der Waals surface area contributed by atoms with Gasteiger partial charge >= 0.3 is 5.97 Å². The van der Waals surface area contributed by atoms with Crippen LogP contribution >= 0.6 is 11.6 Å². The predicted octanol–water partition coefficient (Wildman–Crippen LogP) is 3.71. The number of fused-ring (bicyclic) bond motifs is 1. The van der Waals surface area contributed by atoms with Gasteiger partial charge in [0.1, 0.15) is 5.56 Å². The molecule has 0 amide bonds. The molecule has 1 aromatic heterocycles. The smallest absolute Gasteiger partial charge is 0.345 e. The van der Waals surface area contributed by atoms with Crippen molar-refractivity contribution >= 4 is 34.2 Å². The number of pyridine rings is 1. The number of ether oxygens (including phenoxy) is 1. The van der Waals surface area contributed by atoms with E-state index in [9.17, 15) is 9.59 Å². The Morgan fingerprint density at radius 3 is 2.83 bits per heavy atom. The molecule has 5 nitrogen and oxygen atoms in total. The second-order valence-corrected chi connectivity index (χ2v) is 6.12. The molecule has 1 saturated carbocycles. The Bertz CT molecular complexity index is 794. The molecule has 0 saturated heterocycles. The van der Waals surface area contributed by atoms with E-state index in [1.54, 1.807) is 19.1 Å². The fraction of sp³-hybridized carbons (Fsp3) is 0.412.